The van der Waals surface area contributed by atoms with Crippen molar-refractivity contribution in [2.24, 2.45) is 0 Å². The van der Waals surface area contributed by atoms with Crippen molar-refractivity contribution in [1.82, 2.24) is 0 Å². The molecule has 0 fully saturated rings. The largest absolute Gasteiger partial charge is 2.00 e. The second-order valence-corrected chi connectivity index (χ2v) is 3.02. The molecule has 0 amide bonds. The van der Waals surface area contributed by atoms with Gasteiger partial charge < -0.3 is 0 Å². The fourth-order valence-corrected chi connectivity index (χ4v) is 1.10. The zero-order chi connectivity index (χ0) is 7.72. The monoisotopic (exact) mass is 236 g/mol. The molecule has 0 bridgehead atoms. The minimum absolute atomic E-state index is 0. The van der Waals surface area contributed by atoms with Crippen molar-refractivity contribution >= 4 is 0 Å². The van der Waals surface area contributed by atoms with Crippen LogP contribution in [0.1, 0.15) is 22.3 Å². The molecule has 0 saturated heterocycles. The third-order valence-electron chi connectivity index (χ3n) is 2.11. The van der Waals surface area contributed by atoms with Crippen molar-refractivity contribution in [3.05, 3.63) is 34.4 Å². The van der Waals surface area contributed by atoms with Crippen molar-refractivity contribution in [3.63, 3.8) is 0 Å². The van der Waals surface area contributed by atoms with Crippen LogP contribution in [0.2, 0.25) is 0 Å². The van der Waals surface area contributed by atoms with E-state index in [4.69, 9.17) is 0 Å². The topological polar surface area (TPSA) is 0 Å². The Morgan fingerprint density at radius 3 is 1.00 bits per heavy atom. The van der Waals surface area contributed by atoms with E-state index in [1.807, 2.05) is 0 Å². The Balaban J connectivity index is 0.000001000. The van der Waals surface area contributed by atoms with E-state index < -0.39 is 0 Å². The molecule has 0 aliphatic carbocycles. The van der Waals surface area contributed by atoms with Gasteiger partial charge >= 0.3 is 19.5 Å². The maximum Gasteiger partial charge on any atom is 2.00 e. The number of hydrogen-bond acceptors (Lipinski definition) is 0. The second-order valence-electron chi connectivity index (χ2n) is 3.02. The number of benzene rings is 1. The molecule has 0 unspecified atom stereocenters. The summed E-state index contributed by atoms with van der Waals surface area (Å²) in [6, 6.07) is 4.48. The smallest absolute Gasteiger partial charge is 0.0559 e. The quantitative estimate of drug-likeness (QED) is 0.606. The number of hydrogen-bond donors (Lipinski definition) is 0. The molecule has 1 aromatic rings. The molecule has 0 saturated carbocycles. The first-order valence-corrected chi connectivity index (χ1v) is 3.65. The van der Waals surface area contributed by atoms with E-state index in [-0.39, 0.29) is 19.5 Å². The minimum atomic E-state index is 0. The van der Waals surface area contributed by atoms with E-state index in [1.54, 1.807) is 0 Å². The predicted octanol–water partition coefficient (Wildman–Crippen LogP) is 2.92. The Morgan fingerprint density at radius 2 is 0.818 bits per heavy atom. The van der Waals surface area contributed by atoms with Gasteiger partial charge in [-0.25, -0.2) is 0 Å². The van der Waals surface area contributed by atoms with E-state index in [0.29, 0.717) is 0 Å². The molecule has 0 heterocycles. The van der Waals surface area contributed by atoms with Gasteiger partial charge in [-0.3, -0.25) is 0 Å². The fourth-order valence-electron chi connectivity index (χ4n) is 1.10. The standard InChI is InChI=1S/C10H14.Ru/c1-7-5-9(3)10(4)6-8(7)2;/h5-6H,1-4H3;/q;+2. The van der Waals surface area contributed by atoms with Gasteiger partial charge in [0.05, 0.1) is 0 Å². The average Bonchev–Trinajstić information content (AvgIpc) is 1.84. The van der Waals surface area contributed by atoms with Gasteiger partial charge in [0.1, 0.15) is 0 Å². The molecule has 0 N–H and O–H groups in total. The summed E-state index contributed by atoms with van der Waals surface area (Å²) in [6.07, 6.45) is 0. The van der Waals surface area contributed by atoms with Crippen molar-refractivity contribution in [2.75, 3.05) is 0 Å². The van der Waals surface area contributed by atoms with E-state index in [0.717, 1.165) is 0 Å². The molecular weight excluding hydrogens is 221 g/mol. The van der Waals surface area contributed by atoms with Crippen LogP contribution in [0.5, 0.6) is 0 Å². The van der Waals surface area contributed by atoms with Crippen LogP contribution in [0, 0.1) is 27.7 Å². The van der Waals surface area contributed by atoms with Gasteiger partial charge in [-0.05, 0) is 49.9 Å². The van der Waals surface area contributed by atoms with Crippen LogP contribution in [0.15, 0.2) is 12.1 Å². The maximum absolute atomic E-state index is 2.24. The Morgan fingerprint density at radius 1 is 0.636 bits per heavy atom. The summed E-state index contributed by atoms with van der Waals surface area (Å²) in [7, 11) is 0. The minimum Gasteiger partial charge on any atom is -0.0559 e. The van der Waals surface area contributed by atoms with Gasteiger partial charge in [0.2, 0.25) is 0 Å². The first kappa shape index (κ1) is 10.8. The molecule has 0 radical (unpaired) electrons. The van der Waals surface area contributed by atoms with Crippen LogP contribution in [-0.4, -0.2) is 0 Å². The van der Waals surface area contributed by atoms with Crippen LogP contribution >= 0.6 is 0 Å². The summed E-state index contributed by atoms with van der Waals surface area (Å²) in [5.74, 6) is 0. The van der Waals surface area contributed by atoms with Gasteiger partial charge in [-0.1, -0.05) is 12.1 Å². The van der Waals surface area contributed by atoms with Crippen LogP contribution in [0.3, 0.4) is 0 Å². The molecule has 1 aromatic carbocycles. The zero-order valence-corrected chi connectivity index (χ0v) is 9.25. The number of rotatable bonds is 0. The van der Waals surface area contributed by atoms with Gasteiger partial charge in [0, 0.05) is 0 Å². The Labute approximate surface area is 81.8 Å². The van der Waals surface area contributed by atoms with Crippen LogP contribution < -0.4 is 0 Å². The molecule has 60 valence electrons. The fraction of sp³-hybridized carbons (Fsp3) is 0.400. The summed E-state index contributed by atoms with van der Waals surface area (Å²) in [6.45, 7) is 8.62. The van der Waals surface area contributed by atoms with Crippen molar-refractivity contribution < 1.29 is 19.5 Å². The van der Waals surface area contributed by atoms with E-state index in [9.17, 15) is 0 Å². The number of aryl methyl sites for hydroxylation is 4. The first-order chi connectivity index (χ1) is 4.61. The molecule has 0 atom stereocenters. The van der Waals surface area contributed by atoms with E-state index >= 15 is 0 Å². The normalized spacial score (nSPS) is 9.09. The first-order valence-electron chi connectivity index (χ1n) is 3.65. The Bertz CT molecular complexity index is 201. The van der Waals surface area contributed by atoms with E-state index in [2.05, 4.69) is 39.8 Å². The van der Waals surface area contributed by atoms with Gasteiger partial charge in [-0.2, -0.15) is 0 Å². The van der Waals surface area contributed by atoms with Crippen LogP contribution in [-0.2, 0) is 19.5 Å². The van der Waals surface area contributed by atoms with Gasteiger partial charge in [-0.15, -0.1) is 0 Å². The molecule has 0 aliphatic rings. The average molecular weight is 235 g/mol. The van der Waals surface area contributed by atoms with Crippen molar-refractivity contribution in [2.45, 2.75) is 27.7 Å². The molecule has 1 heteroatoms. The zero-order valence-electron chi connectivity index (χ0n) is 7.51. The summed E-state index contributed by atoms with van der Waals surface area (Å²) >= 11 is 0. The molecule has 0 spiro atoms. The SMILES string of the molecule is Cc1cc(C)c(C)cc1C.[Ru+2]. The molecule has 0 aliphatic heterocycles. The summed E-state index contributed by atoms with van der Waals surface area (Å²) in [5, 5.41) is 0. The predicted molar refractivity (Wildman–Crippen MR) is 45.4 cm³/mol. The van der Waals surface area contributed by atoms with Gasteiger partial charge in [0.25, 0.3) is 0 Å². The Kier molecular flexibility index (Phi) is 3.96. The molecule has 0 aromatic heterocycles. The van der Waals surface area contributed by atoms with Gasteiger partial charge in [0.15, 0.2) is 0 Å². The summed E-state index contributed by atoms with van der Waals surface area (Å²) < 4.78 is 0. The molecule has 11 heavy (non-hydrogen) atoms. The third-order valence-corrected chi connectivity index (χ3v) is 2.11. The van der Waals surface area contributed by atoms with Crippen LogP contribution in [0.4, 0.5) is 0 Å². The Hall–Kier alpha value is -0.157. The second kappa shape index (κ2) is 4.02. The molecular formula is C10H14Ru+2. The summed E-state index contributed by atoms with van der Waals surface area (Å²) in [5.41, 5.74) is 5.57. The summed E-state index contributed by atoms with van der Waals surface area (Å²) in [4.78, 5) is 0. The molecule has 0 nitrogen and oxygen atoms in total. The van der Waals surface area contributed by atoms with Crippen molar-refractivity contribution in [3.8, 4) is 0 Å². The maximum atomic E-state index is 2.24. The van der Waals surface area contributed by atoms with Crippen LogP contribution in [0.25, 0.3) is 0 Å². The van der Waals surface area contributed by atoms with E-state index in [1.165, 1.54) is 22.3 Å². The molecule has 1 rings (SSSR count). The third kappa shape index (κ3) is 2.41. The van der Waals surface area contributed by atoms with Crippen molar-refractivity contribution in [1.29, 1.82) is 0 Å².